The number of amidine groups is 1. The quantitative estimate of drug-likeness (QED) is 0.273. The topological polar surface area (TPSA) is 96.6 Å². The molecule has 0 unspecified atom stereocenters. The van der Waals surface area contributed by atoms with Crippen molar-refractivity contribution in [3.63, 3.8) is 0 Å². The summed E-state index contributed by atoms with van der Waals surface area (Å²) < 4.78 is 7.07. The van der Waals surface area contributed by atoms with Gasteiger partial charge in [0.15, 0.2) is 5.84 Å². The highest BCUT2D eigenvalue weighted by molar-refractivity contribution is 5.98. The van der Waals surface area contributed by atoms with Crippen molar-refractivity contribution in [3.05, 3.63) is 54.9 Å². The maximum Gasteiger partial charge on any atom is 0.227 e. The van der Waals surface area contributed by atoms with Crippen LogP contribution >= 0.6 is 0 Å². The Morgan fingerprint density at radius 3 is 2.78 bits per heavy atom. The van der Waals surface area contributed by atoms with Crippen LogP contribution in [0.25, 0.3) is 22.5 Å². The van der Waals surface area contributed by atoms with E-state index in [1.165, 1.54) is 0 Å². The molecule has 1 aliphatic rings. The molecule has 0 bridgehead atoms. The normalized spacial score (nSPS) is 15.0. The van der Waals surface area contributed by atoms with Crippen molar-refractivity contribution >= 4 is 11.8 Å². The van der Waals surface area contributed by atoms with E-state index in [1.54, 1.807) is 31.9 Å². The Kier molecular flexibility index (Phi) is 8.97. The van der Waals surface area contributed by atoms with E-state index in [9.17, 15) is 0 Å². The molecule has 0 amide bonds. The van der Waals surface area contributed by atoms with Gasteiger partial charge in [-0.1, -0.05) is 0 Å². The fourth-order valence-electron chi connectivity index (χ4n) is 4.04. The second kappa shape index (κ2) is 12.8. The first-order valence-corrected chi connectivity index (χ1v) is 12.4. The number of methoxy groups -OCH3 is 1. The summed E-state index contributed by atoms with van der Waals surface area (Å²) in [6, 6.07) is 5.77. The fraction of sp³-hybridized carbons (Fsp3) is 0.370. The van der Waals surface area contributed by atoms with Crippen LogP contribution in [0.1, 0.15) is 13.8 Å². The molecule has 10 heteroatoms. The second-order valence-corrected chi connectivity index (χ2v) is 8.61. The first kappa shape index (κ1) is 26.0. The van der Waals surface area contributed by atoms with Crippen molar-refractivity contribution in [2.24, 2.45) is 4.99 Å². The minimum atomic E-state index is 0.469. The van der Waals surface area contributed by atoms with Gasteiger partial charge in [-0.3, -0.25) is 14.6 Å². The van der Waals surface area contributed by atoms with Crippen LogP contribution < -0.4 is 5.32 Å². The van der Waals surface area contributed by atoms with Gasteiger partial charge in [0.25, 0.3) is 0 Å². The molecule has 3 aromatic rings. The molecule has 1 aliphatic heterocycles. The summed E-state index contributed by atoms with van der Waals surface area (Å²) in [5, 5.41) is 7.95. The molecular formula is C27H33N9O. The zero-order valence-electron chi connectivity index (χ0n) is 21.6. The number of aromatic nitrogens is 5. The number of aliphatic imine (C=N–C) groups is 1. The lowest BCUT2D eigenvalue weighted by atomic mass is 10.1. The van der Waals surface area contributed by atoms with E-state index in [0.29, 0.717) is 11.8 Å². The number of terminal acetylenes is 1. The summed E-state index contributed by atoms with van der Waals surface area (Å²) in [7, 11) is 1.73. The molecule has 192 valence electrons. The molecule has 0 aromatic carbocycles. The van der Waals surface area contributed by atoms with Gasteiger partial charge in [0.05, 0.1) is 12.3 Å². The summed E-state index contributed by atoms with van der Waals surface area (Å²) in [6.45, 7) is 9.91. The molecule has 1 saturated heterocycles. The van der Waals surface area contributed by atoms with Gasteiger partial charge in [0.1, 0.15) is 5.69 Å². The SMILES string of the molecule is C#CC(=N/C=C(\C)Nc1nccc(-c2cn(CC)nc2-c2cccnc2)n1)N1CCN(CCOC)CC1. The van der Waals surface area contributed by atoms with Crippen LogP contribution in [0, 0.1) is 12.3 Å². The van der Waals surface area contributed by atoms with Crippen LogP contribution in [0.3, 0.4) is 0 Å². The van der Waals surface area contributed by atoms with Crippen LogP contribution in [0.15, 0.2) is 59.9 Å². The maximum absolute atomic E-state index is 5.77. The van der Waals surface area contributed by atoms with Crippen molar-refractivity contribution in [1.29, 1.82) is 0 Å². The van der Waals surface area contributed by atoms with Crippen LogP contribution in [0.5, 0.6) is 0 Å². The highest BCUT2D eigenvalue weighted by Crippen LogP contribution is 2.29. The molecule has 4 heterocycles. The van der Waals surface area contributed by atoms with Gasteiger partial charge in [-0.2, -0.15) is 5.10 Å². The summed E-state index contributed by atoms with van der Waals surface area (Å²) in [6.07, 6.45) is 14.8. The van der Waals surface area contributed by atoms with Gasteiger partial charge in [0, 0.05) is 94.2 Å². The second-order valence-electron chi connectivity index (χ2n) is 8.61. The van der Waals surface area contributed by atoms with Crippen LogP contribution in [-0.4, -0.2) is 86.8 Å². The molecule has 0 radical (unpaired) electrons. The molecule has 0 aliphatic carbocycles. The monoisotopic (exact) mass is 499 g/mol. The van der Waals surface area contributed by atoms with Gasteiger partial charge >= 0.3 is 0 Å². The lowest BCUT2D eigenvalue weighted by Crippen LogP contribution is -2.49. The van der Waals surface area contributed by atoms with Crippen LogP contribution in [0.4, 0.5) is 5.95 Å². The Balaban J connectivity index is 1.47. The first-order chi connectivity index (χ1) is 18.1. The number of hydrogen-bond donors (Lipinski definition) is 1. The van der Waals surface area contributed by atoms with Crippen LogP contribution in [0.2, 0.25) is 0 Å². The minimum Gasteiger partial charge on any atom is -0.383 e. The van der Waals surface area contributed by atoms with Gasteiger partial charge in [-0.05, 0) is 38.0 Å². The molecule has 0 spiro atoms. The predicted molar refractivity (Wildman–Crippen MR) is 146 cm³/mol. The summed E-state index contributed by atoms with van der Waals surface area (Å²) >= 11 is 0. The van der Waals surface area contributed by atoms with Crippen molar-refractivity contribution in [1.82, 2.24) is 34.5 Å². The number of ether oxygens (including phenoxy) is 1. The third kappa shape index (κ3) is 6.78. The average molecular weight is 500 g/mol. The number of hydrogen-bond acceptors (Lipinski definition) is 8. The Morgan fingerprint density at radius 2 is 2.08 bits per heavy atom. The van der Waals surface area contributed by atoms with Gasteiger partial charge in [-0.15, -0.1) is 6.42 Å². The molecule has 1 fully saturated rings. The van der Waals surface area contributed by atoms with Crippen molar-refractivity contribution in [3.8, 4) is 34.9 Å². The first-order valence-electron chi connectivity index (χ1n) is 12.4. The predicted octanol–water partition coefficient (Wildman–Crippen LogP) is 2.99. The van der Waals surface area contributed by atoms with Crippen molar-refractivity contribution in [2.45, 2.75) is 20.4 Å². The fourth-order valence-corrected chi connectivity index (χ4v) is 4.04. The van der Waals surface area contributed by atoms with E-state index in [0.717, 1.165) is 74.1 Å². The van der Waals surface area contributed by atoms with Crippen molar-refractivity contribution < 1.29 is 4.74 Å². The van der Waals surface area contributed by atoms with E-state index in [2.05, 4.69) is 42.9 Å². The zero-order chi connectivity index (χ0) is 26.0. The summed E-state index contributed by atoms with van der Waals surface area (Å²) in [5.41, 5.74) is 4.23. The molecular weight excluding hydrogens is 466 g/mol. The standard InChI is InChI=1S/C27H33N9O/c1-5-25(35-14-12-34(13-15-35)16-17-37-4)30-18-21(3)31-27-29-11-9-24(32-27)23-20-36(6-2)33-26(23)22-8-7-10-28-19-22/h1,7-11,18-20H,6,12-17H2,2-4H3,(H,29,31,32)/b21-18+,30-25?. The van der Waals surface area contributed by atoms with E-state index >= 15 is 0 Å². The number of allylic oxidation sites excluding steroid dienone is 1. The Hall–Kier alpha value is -4.07. The molecule has 0 saturated carbocycles. The summed E-state index contributed by atoms with van der Waals surface area (Å²) in [4.78, 5) is 22.4. The van der Waals surface area contributed by atoms with Gasteiger partial charge < -0.3 is 15.0 Å². The van der Waals surface area contributed by atoms with E-state index < -0.39 is 0 Å². The van der Waals surface area contributed by atoms with Gasteiger partial charge in [0.2, 0.25) is 5.95 Å². The Morgan fingerprint density at radius 1 is 1.24 bits per heavy atom. The smallest absolute Gasteiger partial charge is 0.227 e. The molecule has 3 aromatic heterocycles. The van der Waals surface area contributed by atoms with Crippen LogP contribution in [-0.2, 0) is 11.3 Å². The highest BCUT2D eigenvalue weighted by Gasteiger charge is 2.18. The van der Waals surface area contributed by atoms with E-state index in [-0.39, 0.29) is 0 Å². The maximum atomic E-state index is 5.77. The average Bonchev–Trinajstić information content (AvgIpc) is 3.38. The molecule has 1 N–H and O–H groups in total. The van der Waals surface area contributed by atoms with Gasteiger partial charge in [-0.25, -0.2) is 15.0 Å². The van der Waals surface area contributed by atoms with Crippen molar-refractivity contribution in [2.75, 3.05) is 51.8 Å². The molecule has 4 rings (SSSR count). The highest BCUT2D eigenvalue weighted by atomic mass is 16.5. The number of nitrogens with one attached hydrogen (secondary N) is 1. The van der Waals surface area contributed by atoms with E-state index in [4.69, 9.17) is 21.2 Å². The Bertz CT molecular complexity index is 1270. The minimum absolute atomic E-state index is 0.469. The number of nitrogens with zero attached hydrogens (tertiary/aromatic N) is 8. The lowest BCUT2D eigenvalue weighted by molar-refractivity contribution is 0.120. The number of piperazine rings is 1. The number of aryl methyl sites for hydroxylation is 1. The number of pyridine rings is 1. The number of anilines is 1. The Labute approximate surface area is 218 Å². The lowest BCUT2D eigenvalue weighted by Gasteiger charge is -2.34. The van der Waals surface area contributed by atoms with E-state index in [1.807, 2.05) is 36.0 Å². The third-order valence-corrected chi connectivity index (χ3v) is 6.05. The summed E-state index contributed by atoms with van der Waals surface area (Å²) in [5.74, 6) is 3.81. The molecule has 37 heavy (non-hydrogen) atoms. The molecule has 10 nitrogen and oxygen atoms in total. The molecule has 0 atom stereocenters. The third-order valence-electron chi connectivity index (χ3n) is 6.05. The number of rotatable bonds is 9. The zero-order valence-corrected chi connectivity index (χ0v) is 21.6. The largest absolute Gasteiger partial charge is 0.383 e.